The predicted octanol–water partition coefficient (Wildman–Crippen LogP) is 1.96. The van der Waals surface area contributed by atoms with Crippen LogP contribution in [0.15, 0.2) is 0 Å². The molecule has 0 saturated heterocycles. The van der Waals surface area contributed by atoms with Crippen LogP contribution in [0, 0.1) is 5.92 Å². The molecule has 5 nitrogen and oxygen atoms in total. The lowest BCUT2D eigenvalue weighted by Gasteiger charge is -2.23. The van der Waals surface area contributed by atoms with Gasteiger partial charge in [0.1, 0.15) is 5.60 Å². The fourth-order valence-electron chi connectivity index (χ4n) is 1.77. The number of carbonyl (C=O) groups is 2. The number of hydrogen-bond acceptors (Lipinski definition) is 3. The fourth-order valence-corrected chi connectivity index (χ4v) is 1.77. The average molecular weight is 283 g/mol. The number of alkyl carbamates (subject to hydrolysis) is 1. The van der Waals surface area contributed by atoms with Crippen LogP contribution in [-0.4, -0.2) is 40.4 Å². The van der Waals surface area contributed by atoms with Gasteiger partial charge in [-0.3, -0.25) is 0 Å². The molecule has 1 amide bonds. The summed E-state index contributed by atoms with van der Waals surface area (Å²) in [4.78, 5) is 22.2. The second kappa shape index (κ2) is 4.28. The molecule has 0 aromatic rings. The Morgan fingerprint density at radius 1 is 1.32 bits per heavy atom. The molecule has 3 unspecified atom stereocenters. The molecule has 1 aliphatic rings. The van der Waals surface area contributed by atoms with Crippen LogP contribution in [0.3, 0.4) is 0 Å². The molecule has 0 aliphatic heterocycles. The van der Waals surface area contributed by atoms with E-state index in [0.717, 1.165) is 6.92 Å². The third-order valence-electron chi connectivity index (χ3n) is 2.93. The molecule has 0 bridgehead atoms. The Hall–Kier alpha value is -1.47. The maximum absolute atomic E-state index is 14.0. The van der Waals surface area contributed by atoms with Gasteiger partial charge in [-0.15, -0.1) is 0 Å². The Kier molecular flexibility index (Phi) is 3.51. The van der Waals surface area contributed by atoms with Crippen molar-refractivity contribution in [2.45, 2.75) is 50.9 Å². The molecule has 0 heterocycles. The number of amides is 1. The van der Waals surface area contributed by atoms with Crippen molar-refractivity contribution in [2.75, 3.05) is 0 Å². The van der Waals surface area contributed by atoms with Gasteiger partial charge in [-0.25, -0.2) is 22.8 Å². The molecule has 1 saturated carbocycles. The van der Waals surface area contributed by atoms with Gasteiger partial charge in [0, 0.05) is 0 Å². The van der Waals surface area contributed by atoms with Gasteiger partial charge in [0.25, 0.3) is 5.92 Å². The van der Waals surface area contributed by atoms with Gasteiger partial charge in [0.2, 0.25) is 5.67 Å². The van der Waals surface area contributed by atoms with Crippen LogP contribution in [0.4, 0.5) is 18.0 Å². The number of hydrogen-bond donors (Lipinski definition) is 2. The van der Waals surface area contributed by atoms with Crippen molar-refractivity contribution in [2.24, 2.45) is 5.92 Å². The number of rotatable bonds is 3. The lowest BCUT2D eigenvalue weighted by Crippen LogP contribution is -2.52. The lowest BCUT2D eigenvalue weighted by atomic mass is 10.1. The first-order valence-corrected chi connectivity index (χ1v) is 5.63. The number of halogens is 3. The second-order valence-corrected chi connectivity index (χ2v) is 5.53. The number of carbonyl (C=O) groups excluding carboxylic acids is 1. The van der Waals surface area contributed by atoms with E-state index in [-0.39, 0.29) is 0 Å². The summed E-state index contributed by atoms with van der Waals surface area (Å²) >= 11 is 0. The van der Waals surface area contributed by atoms with Crippen molar-refractivity contribution in [1.29, 1.82) is 0 Å². The molecule has 2 N–H and O–H groups in total. The summed E-state index contributed by atoms with van der Waals surface area (Å²) in [6.07, 6.45) is -1.26. The molecule has 110 valence electrons. The van der Waals surface area contributed by atoms with Crippen molar-refractivity contribution >= 4 is 12.1 Å². The SMILES string of the molecule is CC1C(F)(F)C1(F)C(NC(=O)OC(C)(C)C)C(=O)O. The summed E-state index contributed by atoms with van der Waals surface area (Å²) in [6.45, 7) is 5.39. The Labute approximate surface area is 108 Å². The van der Waals surface area contributed by atoms with E-state index in [1.165, 1.54) is 20.8 Å². The Morgan fingerprint density at radius 3 is 2.00 bits per heavy atom. The van der Waals surface area contributed by atoms with E-state index < -0.39 is 41.2 Å². The van der Waals surface area contributed by atoms with Crippen molar-refractivity contribution < 1.29 is 32.6 Å². The molecule has 3 atom stereocenters. The number of aliphatic carboxylic acids is 1. The van der Waals surface area contributed by atoms with Crippen LogP contribution in [0.1, 0.15) is 27.7 Å². The molecule has 19 heavy (non-hydrogen) atoms. The highest BCUT2D eigenvalue weighted by Gasteiger charge is 2.85. The van der Waals surface area contributed by atoms with Crippen LogP contribution in [0.25, 0.3) is 0 Å². The third-order valence-corrected chi connectivity index (χ3v) is 2.93. The van der Waals surface area contributed by atoms with Gasteiger partial charge >= 0.3 is 12.1 Å². The smallest absolute Gasteiger partial charge is 0.408 e. The van der Waals surface area contributed by atoms with Gasteiger partial charge in [-0.1, -0.05) is 6.92 Å². The summed E-state index contributed by atoms with van der Waals surface area (Å²) in [6, 6.07) is -2.35. The molecule has 1 aliphatic carbocycles. The summed E-state index contributed by atoms with van der Waals surface area (Å²) in [5.41, 5.74) is -4.25. The number of alkyl halides is 3. The second-order valence-electron chi connectivity index (χ2n) is 5.53. The van der Waals surface area contributed by atoms with E-state index in [2.05, 4.69) is 0 Å². The highest BCUT2D eigenvalue weighted by atomic mass is 19.3. The molecular formula is C11H16F3NO4. The monoisotopic (exact) mass is 283 g/mol. The van der Waals surface area contributed by atoms with Crippen molar-refractivity contribution in [3.8, 4) is 0 Å². The number of carboxylic acids is 1. The Morgan fingerprint density at radius 2 is 1.74 bits per heavy atom. The maximum Gasteiger partial charge on any atom is 0.408 e. The maximum atomic E-state index is 14.0. The quantitative estimate of drug-likeness (QED) is 0.830. The zero-order valence-electron chi connectivity index (χ0n) is 11.0. The summed E-state index contributed by atoms with van der Waals surface area (Å²) in [7, 11) is 0. The lowest BCUT2D eigenvalue weighted by molar-refractivity contribution is -0.143. The van der Waals surface area contributed by atoms with E-state index in [0.29, 0.717) is 0 Å². The minimum atomic E-state index is -3.79. The first-order chi connectivity index (χ1) is 8.34. The van der Waals surface area contributed by atoms with E-state index in [1.807, 2.05) is 0 Å². The van der Waals surface area contributed by atoms with Crippen LogP contribution < -0.4 is 5.32 Å². The molecule has 0 aromatic heterocycles. The zero-order chi connectivity index (χ0) is 15.2. The normalized spacial score (nSPS) is 30.4. The standard InChI is InChI=1S/C11H16F3NO4/c1-5-10(12,11(5,13)14)6(7(16)17)15-8(18)19-9(2,3)4/h5-6H,1-4H3,(H,15,18)(H,16,17). The van der Waals surface area contributed by atoms with Crippen molar-refractivity contribution in [1.82, 2.24) is 5.32 Å². The molecule has 8 heteroatoms. The molecule has 0 spiro atoms. The number of carboxylic acid groups (broad SMARTS) is 1. The van der Waals surface area contributed by atoms with Gasteiger partial charge in [0.15, 0.2) is 6.04 Å². The van der Waals surface area contributed by atoms with E-state index in [1.54, 1.807) is 5.32 Å². The highest BCUT2D eigenvalue weighted by Crippen LogP contribution is 2.63. The minimum absolute atomic E-state index is 0.882. The fraction of sp³-hybridized carbons (Fsp3) is 0.818. The molecule has 1 fully saturated rings. The Balaban J connectivity index is 2.83. The molecule has 0 aromatic carbocycles. The molecule has 0 radical (unpaired) electrons. The van der Waals surface area contributed by atoms with E-state index in [9.17, 15) is 22.8 Å². The summed E-state index contributed by atoms with van der Waals surface area (Å²) < 4.78 is 45.0. The minimum Gasteiger partial charge on any atom is -0.480 e. The van der Waals surface area contributed by atoms with Crippen LogP contribution >= 0.6 is 0 Å². The Bertz CT molecular complexity index is 407. The van der Waals surface area contributed by atoms with Crippen molar-refractivity contribution in [3.63, 3.8) is 0 Å². The number of ether oxygens (including phenoxy) is 1. The van der Waals surface area contributed by atoms with Crippen molar-refractivity contribution in [3.05, 3.63) is 0 Å². The summed E-state index contributed by atoms with van der Waals surface area (Å²) in [5.74, 6) is -7.45. The molecular weight excluding hydrogens is 267 g/mol. The van der Waals surface area contributed by atoms with E-state index in [4.69, 9.17) is 9.84 Å². The predicted molar refractivity (Wildman–Crippen MR) is 58.7 cm³/mol. The van der Waals surface area contributed by atoms with Gasteiger partial charge in [-0.05, 0) is 20.8 Å². The average Bonchev–Trinajstić information content (AvgIpc) is 2.57. The topological polar surface area (TPSA) is 75.6 Å². The number of nitrogens with one attached hydrogen (secondary N) is 1. The van der Waals surface area contributed by atoms with Crippen LogP contribution in [-0.2, 0) is 9.53 Å². The first-order valence-electron chi connectivity index (χ1n) is 5.63. The van der Waals surface area contributed by atoms with Crippen LogP contribution in [0.5, 0.6) is 0 Å². The van der Waals surface area contributed by atoms with E-state index >= 15 is 0 Å². The third kappa shape index (κ3) is 2.62. The van der Waals surface area contributed by atoms with Gasteiger partial charge in [-0.2, -0.15) is 0 Å². The zero-order valence-corrected chi connectivity index (χ0v) is 11.0. The van der Waals surface area contributed by atoms with Gasteiger partial charge < -0.3 is 15.2 Å². The summed E-state index contributed by atoms with van der Waals surface area (Å²) in [5, 5.41) is 10.4. The van der Waals surface area contributed by atoms with Crippen LogP contribution in [0.2, 0.25) is 0 Å². The largest absolute Gasteiger partial charge is 0.480 e. The molecule has 1 rings (SSSR count). The first kappa shape index (κ1) is 15.6. The van der Waals surface area contributed by atoms with Gasteiger partial charge in [0.05, 0.1) is 5.92 Å². The highest BCUT2D eigenvalue weighted by molar-refractivity contribution is 5.82.